The second kappa shape index (κ2) is 6.70. The molecule has 4 atom stereocenters. The fraction of sp³-hybridized carbons (Fsp3) is 0.348. The molecule has 0 saturated carbocycles. The van der Waals surface area contributed by atoms with E-state index in [4.69, 9.17) is 34.8 Å². The van der Waals surface area contributed by atoms with Gasteiger partial charge < -0.3 is 5.32 Å². The molecule has 2 aromatic carbocycles. The molecule has 3 fully saturated rings. The summed E-state index contributed by atoms with van der Waals surface area (Å²) in [6.45, 7) is 2.49. The highest BCUT2D eigenvalue weighted by atomic mass is 35.5. The Bertz CT molecular complexity index is 1230. The van der Waals surface area contributed by atoms with E-state index in [0.717, 1.165) is 24.0 Å². The van der Waals surface area contributed by atoms with E-state index in [1.807, 2.05) is 13.0 Å². The minimum Gasteiger partial charge on any atom is -0.324 e. The standard InChI is InChI=1S/C23H18Cl3N3O3/c1-10-15(26)5-4-14-19(10)27-22(32)23(14)18-17(16-3-2-6-28(16)23)20(30)29(21(18)31)13-8-11(24)7-12(25)9-13/h4-5,7-9,16-18H,2-3,6H2,1H3,(H,27,32)/t16-,17+,18+,23+/m1/s1. The number of nitrogens with zero attached hydrogens (tertiary/aromatic N) is 2. The van der Waals surface area contributed by atoms with Crippen LogP contribution in [0.25, 0.3) is 0 Å². The van der Waals surface area contributed by atoms with Gasteiger partial charge >= 0.3 is 0 Å². The zero-order valence-corrected chi connectivity index (χ0v) is 19.3. The monoisotopic (exact) mass is 489 g/mol. The highest BCUT2D eigenvalue weighted by molar-refractivity contribution is 6.36. The first kappa shape index (κ1) is 20.5. The van der Waals surface area contributed by atoms with Crippen LogP contribution in [-0.2, 0) is 19.9 Å². The maximum Gasteiger partial charge on any atom is 0.250 e. The lowest BCUT2D eigenvalue weighted by Crippen LogP contribution is -2.54. The maximum absolute atomic E-state index is 13.9. The molecule has 9 heteroatoms. The van der Waals surface area contributed by atoms with Gasteiger partial charge in [-0.1, -0.05) is 40.9 Å². The number of imide groups is 1. The first-order chi connectivity index (χ1) is 15.3. The van der Waals surface area contributed by atoms with Crippen LogP contribution in [0, 0.1) is 18.8 Å². The van der Waals surface area contributed by atoms with Crippen LogP contribution in [0.3, 0.4) is 0 Å². The number of rotatable bonds is 1. The molecule has 0 aliphatic carbocycles. The predicted octanol–water partition coefficient (Wildman–Crippen LogP) is 4.39. The van der Waals surface area contributed by atoms with Gasteiger partial charge in [-0.15, -0.1) is 0 Å². The third-order valence-corrected chi connectivity index (χ3v) is 8.31. The SMILES string of the molecule is Cc1c(Cl)ccc2c1NC(=O)[C@@]21[C@@H]2C(=O)N(c3cc(Cl)cc(Cl)c3)C(=O)[C@H]2[C@H]2CCCN21. The van der Waals surface area contributed by atoms with Crippen LogP contribution < -0.4 is 10.2 Å². The van der Waals surface area contributed by atoms with Crippen molar-refractivity contribution in [1.82, 2.24) is 4.90 Å². The summed E-state index contributed by atoms with van der Waals surface area (Å²) >= 11 is 18.6. The number of benzene rings is 2. The molecular formula is C23H18Cl3N3O3. The highest BCUT2D eigenvalue weighted by Crippen LogP contribution is 2.61. The molecule has 0 aromatic heterocycles. The van der Waals surface area contributed by atoms with Crippen molar-refractivity contribution in [2.75, 3.05) is 16.8 Å². The summed E-state index contributed by atoms with van der Waals surface area (Å²) < 4.78 is 0. The van der Waals surface area contributed by atoms with E-state index >= 15 is 0 Å². The molecule has 0 radical (unpaired) electrons. The zero-order chi connectivity index (χ0) is 22.5. The van der Waals surface area contributed by atoms with Crippen LogP contribution in [0.5, 0.6) is 0 Å². The number of anilines is 2. The Kier molecular flexibility index (Phi) is 4.29. The summed E-state index contributed by atoms with van der Waals surface area (Å²) in [6.07, 6.45) is 1.61. The van der Waals surface area contributed by atoms with E-state index < -0.39 is 23.3 Å². The van der Waals surface area contributed by atoms with Gasteiger partial charge in [0.25, 0.3) is 0 Å². The molecule has 164 valence electrons. The molecule has 4 aliphatic heterocycles. The van der Waals surface area contributed by atoms with Gasteiger partial charge in [0, 0.05) is 26.7 Å². The topological polar surface area (TPSA) is 69.7 Å². The van der Waals surface area contributed by atoms with E-state index in [1.54, 1.807) is 24.3 Å². The molecule has 2 aromatic rings. The Morgan fingerprint density at radius 1 is 1.03 bits per heavy atom. The summed E-state index contributed by atoms with van der Waals surface area (Å²) in [4.78, 5) is 44.5. The molecule has 6 rings (SSSR count). The van der Waals surface area contributed by atoms with Crippen molar-refractivity contribution in [1.29, 1.82) is 0 Å². The largest absolute Gasteiger partial charge is 0.324 e. The van der Waals surface area contributed by atoms with Gasteiger partial charge in [-0.2, -0.15) is 0 Å². The lowest BCUT2D eigenvalue weighted by molar-refractivity contribution is -0.135. The van der Waals surface area contributed by atoms with Crippen molar-refractivity contribution >= 4 is 63.9 Å². The van der Waals surface area contributed by atoms with Gasteiger partial charge in [0.15, 0.2) is 0 Å². The Morgan fingerprint density at radius 3 is 2.47 bits per heavy atom. The van der Waals surface area contributed by atoms with Crippen LogP contribution in [-0.4, -0.2) is 35.2 Å². The van der Waals surface area contributed by atoms with Crippen molar-refractivity contribution in [3.8, 4) is 0 Å². The maximum atomic E-state index is 13.9. The first-order valence-electron chi connectivity index (χ1n) is 10.5. The van der Waals surface area contributed by atoms with Gasteiger partial charge in [-0.05, 0) is 56.1 Å². The number of carbonyl (C=O) groups is 3. The summed E-state index contributed by atoms with van der Waals surface area (Å²) in [5.74, 6) is -2.43. The van der Waals surface area contributed by atoms with Gasteiger partial charge in [0.05, 0.1) is 23.2 Å². The number of amides is 3. The molecule has 6 nitrogen and oxygen atoms in total. The Labute approximate surface area is 199 Å². The second-order valence-electron chi connectivity index (χ2n) is 8.86. The van der Waals surface area contributed by atoms with Crippen LogP contribution in [0.4, 0.5) is 11.4 Å². The number of fused-ring (bicyclic) bond motifs is 7. The summed E-state index contributed by atoms with van der Waals surface area (Å²) in [5, 5.41) is 4.18. The van der Waals surface area contributed by atoms with Crippen molar-refractivity contribution in [3.63, 3.8) is 0 Å². The Morgan fingerprint density at radius 2 is 1.75 bits per heavy atom. The quantitative estimate of drug-likeness (QED) is 0.602. The smallest absolute Gasteiger partial charge is 0.250 e. The van der Waals surface area contributed by atoms with Crippen LogP contribution in [0.1, 0.15) is 24.0 Å². The third kappa shape index (κ3) is 2.34. The van der Waals surface area contributed by atoms with Gasteiger partial charge in [-0.25, -0.2) is 4.90 Å². The lowest BCUT2D eigenvalue weighted by Gasteiger charge is -2.36. The van der Waals surface area contributed by atoms with Gasteiger partial charge in [-0.3, -0.25) is 19.3 Å². The predicted molar refractivity (Wildman–Crippen MR) is 122 cm³/mol. The van der Waals surface area contributed by atoms with Crippen molar-refractivity contribution < 1.29 is 14.4 Å². The average Bonchev–Trinajstić information content (AvgIpc) is 3.43. The fourth-order valence-corrected chi connectivity index (χ4v) is 6.99. The molecular weight excluding hydrogens is 473 g/mol. The molecule has 0 bridgehead atoms. The molecule has 1 spiro atoms. The van der Waals surface area contributed by atoms with E-state index in [-0.39, 0.29) is 17.9 Å². The Balaban J connectivity index is 1.57. The first-order valence-corrected chi connectivity index (χ1v) is 11.6. The van der Waals surface area contributed by atoms with E-state index in [1.165, 1.54) is 4.90 Å². The lowest BCUT2D eigenvalue weighted by atomic mass is 9.75. The molecule has 3 saturated heterocycles. The molecule has 0 unspecified atom stereocenters. The Hall–Kier alpha value is -2.12. The van der Waals surface area contributed by atoms with E-state index in [9.17, 15) is 14.4 Å². The highest BCUT2D eigenvalue weighted by Gasteiger charge is 2.74. The van der Waals surface area contributed by atoms with E-state index in [0.29, 0.717) is 33.0 Å². The number of hydrogen-bond acceptors (Lipinski definition) is 4. The van der Waals surface area contributed by atoms with Gasteiger partial charge in [0.2, 0.25) is 17.7 Å². The van der Waals surface area contributed by atoms with Crippen LogP contribution in [0.15, 0.2) is 30.3 Å². The molecule has 32 heavy (non-hydrogen) atoms. The van der Waals surface area contributed by atoms with Crippen molar-refractivity contribution in [2.45, 2.75) is 31.3 Å². The third-order valence-electron chi connectivity index (χ3n) is 7.47. The molecule has 4 aliphatic rings. The average molecular weight is 491 g/mol. The molecule has 4 heterocycles. The molecule has 3 amide bonds. The van der Waals surface area contributed by atoms with Crippen molar-refractivity contribution in [2.24, 2.45) is 11.8 Å². The summed E-state index contributed by atoms with van der Waals surface area (Å²) in [5.41, 5.74) is 1.20. The van der Waals surface area contributed by atoms with Crippen molar-refractivity contribution in [3.05, 3.63) is 56.5 Å². The fourth-order valence-electron chi connectivity index (χ4n) is 6.31. The normalized spacial score (nSPS) is 30.8. The summed E-state index contributed by atoms with van der Waals surface area (Å²) in [7, 11) is 0. The molecule has 1 N–H and O–H groups in total. The minimum absolute atomic E-state index is 0.191. The van der Waals surface area contributed by atoms with E-state index in [2.05, 4.69) is 10.2 Å². The number of halogens is 3. The van der Waals surface area contributed by atoms with Crippen LogP contribution >= 0.6 is 34.8 Å². The van der Waals surface area contributed by atoms with Gasteiger partial charge in [0.1, 0.15) is 5.54 Å². The number of nitrogens with one attached hydrogen (secondary N) is 1. The second-order valence-corrected chi connectivity index (χ2v) is 10.1. The van der Waals surface area contributed by atoms with Crippen LogP contribution in [0.2, 0.25) is 15.1 Å². The minimum atomic E-state index is -1.24. The number of hydrogen-bond donors (Lipinski definition) is 1. The zero-order valence-electron chi connectivity index (χ0n) is 17.0. The summed E-state index contributed by atoms with van der Waals surface area (Å²) in [6, 6.07) is 8.03. The number of carbonyl (C=O) groups excluding carboxylic acids is 3.